The van der Waals surface area contributed by atoms with Crippen LogP contribution in [0.3, 0.4) is 0 Å². The van der Waals surface area contributed by atoms with Crippen molar-refractivity contribution in [1.29, 1.82) is 0 Å². The predicted molar refractivity (Wildman–Crippen MR) is 146 cm³/mol. The molecule has 37 heavy (non-hydrogen) atoms. The molecule has 192 valence electrons. The monoisotopic (exact) mass is 540 g/mol. The molecule has 1 fully saturated rings. The van der Waals surface area contributed by atoms with Crippen molar-refractivity contribution < 1.29 is 14.3 Å². The number of anilines is 1. The Bertz CT molecular complexity index is 1430. The second-order valence-corrected chi connectivity index (χ2v) is 13.6. The van der Waals surface area contributed by atoms with E-state index in [4.69, 9.17) is 21.6 Å². The van der Waals surface area contributed by atoms with Crippen LogP contribution in [0.2, 0.25) is 5.02 Å². The van der Waals surface area contributed by atoms with Crippen LogP contribution in [0.4, 0.5) is 11.4 Å². The van der Waals surface area contributed by atoms with E-state index in [0.717, 1.165) is 0 Å². The van der Waals surface area contributed by atoms with Gasteiger partial charge in [0.05, 0.1) is 35.4 Å². The number of fused-ring (bicyclic) bond motifs is 3. The quantitative estimate of drug-likeness (QED) is 0.323. The maximum absolute atomic E-state index is 13.8. The summed E-state index contributed by atoms with van der Waals surface area (Å²) in [5.74, 6) is 0.0353. The summed E-state index contributed by atoms with van der Waals surface area (Å²) in [5, 5.41) is 12.0. The first-order valence-corrected chi connectivity index (χ1v) is 14.9. The SMILES string of the molecule is C=C1N=C(c2ccccc2Cl)c2cc([N+](=O)[O-])ccc2N2C(=O)C(N3CCN(CP(C)(C)=O)CC3)N=C12. The fourth-order valence-electron chi connectivity index (χ4n) is 4.88. The van der Waals surface area contributed by atoms with Gasteiger partial charge in [0.25, 0.3) is 11.6 Å². The Hall–Kier alpha value is -3.17. The molecule has 0 aromatic heterocycles. The van der Waals surface area contributed by atoms with Crippen LogP contribution in [-0.4, -0.2) is 84.1 Å². The first-order valence-electron chi connectivity index (χ1n) is 11.8. The number of non-ortho nitro benzene ring substituents is 1. The molecule has 3 heterocycles. The van der Waals surface area contributed by atoms with Crippen molar-refractivity contribution in [3.8, 4) is 0 Å². The summed E-state index contributed by atoms with van der Waals surface area (Å²) >= 11 is 6.47. The number of amides is 1. The molecule has 0 bridgehead atoms. The van der Waals surface area contributed by atoms with Gasteiger partial charge in [-0.2, -0.15) is 0 Å². The summed E-state index contributed by atoms with van der Waals surface area (Å²) in [5.41, 5.74) is 1.92. The van der Waals surface area contributed by atoms with Crippen molar-refractivity contribution >= 4 is 47.6 Å². The second-order valence-electron chi connectivity index (χ2n) is 9.71. The molecule has 0 aliphatic carbocycles. The zero-order chi connectivity index (χ0) is 26.5. The number of amidine groups is 1. The maximum atomic E-state index is 13.8. The van der Waals surface area contributed by atoms with Gasteiger partial charge in [0.1, 0.15) is 0 Å². The highest BCUT2D eigenvalue weighted by Gasteiger charge is 2.43. The third-order valence-electron chi connectivity index (χ3n) is 6.51. The normalized spacial score (nSPS) is 20.7. The van der Waals surface area contributed by atoms with E-state index in [0.29, 0.717) is 65.8 Å². The Balaban J connectivity index is 1.54. The molecule has 5 rings (SSSR count). The lowest BCUT2D eigenvalue weighted by Crippen LogP contribution is -2.53. The van der Waals surface area contributed by atoms with Gasteiger partial charge >= 0.3 is 0 Å². The smallest absolute Gasteiger partial charge is 0.272 e. The van der Waals surface area contributed by atoms with E-state index in [9.17, 15) is 19.5 Å². The number of nitro benzene ring substituents is 1. The Kier molecular flexibility index (Phi) is 6.62. The fourth-order valence-corrected chi connectivity index (χ4v) is 6.35. The van der Waals surface area contributed by atoms with E-state index in [-0.39, 0.29) is 17.3 Å². The maximum Gasteiger partial charge on any atom is 0.272 e. The molecule has 0 radical (unpaired) electrons. The van der Waals surface area contributed by atoms with E-state index in [1.165, 1.54) is 17.0 Å². The lowest BCUT2D eigenvalue weighted by atomic mass is 9.99. The molecule has 0 saturated carbocycles. The van der Waals surface area contributed by atoms with Crippen molar-refractivity contribution in [1.82, 2.24) is 9.80 Å². The van der Waals surface area contributed by atoms with E-state index in [1.54, 1.807) is 43.7 Å². The van der Waals surface area contributed by atoms with Gasteiger partial charge < -0.3 is 4.57 Å². The molecule has 2 aromatic carbocycles. The number of piperazine rings is 1. The number of carbonyl (C=O) groups is 1. The minimum atomic E-state index is -2.19. The number of benzene rings is 2. The van der Waals surface area contributed by atoms with Gasteiger partial charge in [0, 0.05) is 54.5 Å². The van der Waals surface area contributed by atoms with Crippen LogP contribution < -0.4 is 4.90 Å². The minimum absolute atomic E-state index is 0.132. The van der Waals surface area contributed by atoms with Gasteiger partial charge in [-0.25, -0.2) is 9.98 Å². The molecule has 1 atom stereocenters. The first-order chi connectivity index (χ1) is 17.5. The van der Waals surface area contributed by atoms with Crippen molar-refractivity contribution in [3.05, 3.63) is 81.0 Å². The molecule has 1 unspecified atom stereocenters. The summed E-state index contributed by atoms with van der Waals surface area (Å²) in [6, 6.07) is 11.4. The molecule has 3 aliphatic rings. The van der Waals surface area contributed by atoms with Crippen LogP contribution in [0.1, 0.15) is 11.1 Å². The second kappa shape index (κ2) is 9.61. The summed E-state index contributed by atoms with van der Waals surface area (Å²) in [6.07, 6.45) is -0.216. The highest BCUT2D eigenvalue weighted by Crippen LogP contribution is 2.38. The van der Waals surface area contributed by atoms with Gasteiger partial charge in [0.2, 0.25) is 0 Å². The molecular formula is C25H26ClN6O4P. The summed E-state index contributed by atoms with van der Waals surface area (Å²) < 4.78 is 12.2. The highest BCUT2D eigenvalue weighted by molar-refractivity contribution is 7.62. The van der Waals surface area contributed by atoms with Gasteiger partial charge in [-0.3, -0.25) is 29.6 Å². The van der Waals surface area contributed by atoms with Crippen LogP contribution in [0.5, 0.6) is 0 Å². The largest absolute Gasteiger partial charge is 0.323 e. The Morgan fingerprint density at radius 2 is 1.84 bits per heavy atom. The van der Waals surface area contributed by atoms with Crippen molar-refractivity contribution in [2.75, 3.05) is 50.7 Å². The lowest BCUT2D eigenvalue weighted by Gasteiger charge is -2.36. The zero-order valence-electron chi connectivity index (χ0n) is 20.5. The minimum Gasteiger partial charge on any atom is -0.323 e. The fraction of sp³-hybridized carbons (Fsp3) is 0.320. The number of nitrogens with zero attached hydrogens (tertiary/aromatic N) is 6. The van der Waals surface area contributed by atoms with E-state index in [1.807, 2.05) is 4.90 Å². The van der Waals surface area contributed by atoms with Crippen LogP contribution in [0.15, 0.2) is 64.7 Å². The van der Waals surface area contributed by atoms with Gasteiger partial charge in [0.15, 0.2) is 12.0 Å². The molecular weight excluding hydrogens is 515 g/mol. The zero-order valence-corrected chi connectivity index (χ0v) is 22.2. The van der Waals surface area contributed by atoms with Crippen LogP contribution in [0, 0.1) is 10.1 Å². The van der Waals surface area contributed by atoms with Crippen LogP contribution in [-0.2, 0) is 9.36 Å². The topological polar surface area (TPSA) is 112 Å². The van der Waals surface area contributed by atoms with Crippen LogP contribution in [0.25, 0.3) is 0 Å². The Morgan fingerprint density at radius 1 is 1.14 bits per heavy atom. The van der Waals surface area contributed by atoms with Crippen molar-refractivity contribution in [2.24, 2.45) is 9.98 Å². The highest BCUT2D eigenvalue weighted by atomic mass is 35.5. The molecule has 3 aliphatic heterocycles. The molecule has 0 N–H and O–H groups in total. The molecule has 12 heteroatoms. The third kappa shape index (κ3) is 4.90. The molecule has 10 nitrogen and oxygen atoms in total. The Morgan fingerprint density at radius 3 is 2.49 bits per heavy atom. The predicted octanol–water partition coefficient (Wildman–Crippen LogP) is 3.88. The average Bonchev–Trinajstić information content (AvgIpc) is 3.13. The number of nitro groups is 1. The van der Waals surface area contributed by atoms with E-state index in [2.05, 4.69) is 11.5 Å². The standard InChI is InChI=1S/C25H26ClN6O4P/c1-16-23-28-24(30-12-10-29(11-13-30)15-37(2,3)36)25(33)31(23)21-9-8-17(32(34)35)14-19(21)22(27-16)18-6-4-5-7-20(18)26/h4-9,14,24H,1,10-13,15H2,2-3H3. The first kappa shape index (κ1) is 25.5. The van der Waals surface area contributed by atoms with E-state index < -0.39 is 18.2 Å². The van der Waals surface area contributed by atoms with E-state index >= 15 is 0 Å². The summed E-state index contributed by atoms with van der Waals surface area (Å²) in [4.78, 5) is 39.9. The third-order valence-corrected chi connectivity index (χ3v) is 7.92. The number of hydrogen-bond donors (Lipinski definition) is 0. The van der Waals surface area contributed by atoms with Crippen molar-refractivity contribution in [2.45, 2.75) is 6.17 Å². The molecule has 2 aromatic rings. The molecule has 0 spiro atoms. The van der Waals surface area contributed by atoms with Gasteiger partial charge in [-0.1, -0.05) is 36.4 Å². The summed E-state index contributed by atoms with van der Waals surface area (Å²) in [7, 11) is -2.19. The molecule has 1 saturated heterocycles. The summed E-state index contributed by atoms with van der Waals surface area (Å²) in [6.45, 7) is 10.2. The number of aliphatic imine (C=N–C) groups is 2. The number of carbonyl (C=O) groups excluding carboxylic acids is 1. The average molecular weight is 541 g/mol. The number of hydrogen-bond acceptors (Lipinski definition) is 8. The van der Waals surface area contributed by atoms with Gasteiger partial charge in [-0.05, 0) is 25.5 Å². The van der Waals surface area contributed by atoms with Gasteiger partial charge in [-0.15, -0.1) is 0 Å². The number of halogens is 1. The van der Waals surface area contributed by atoms with Crippen LogP contribution >= 0.6 is 18.7 Å². The Labute approximate surface area is 219 Å². The van der Waals surface area contributed by atoms with Crippen molar-refractivity contribution in [3.63, 3.8) is 0 Å². The number of rotatable bonds is 5. The lowest BCUT2D eigenvalue weighted by molar-refractivity contribution is -0.384. The molecule has 1 amide bonds.